The Kier molecular flexibility index (Phi) is 5.82. The van der Waals surface area contributed by atoms with Gasteiger partial charge in [0.2, 0.25) is 0 Å². The highest BCUT2D eigenvalue weighted by Crippen LogP contribution is 2.23. The first-order chi connectivity index (χ1) is 12.1. The first-order valence-electron chi connectivity index (χ1n) is 8.86. The molecule has 0 spiro atoms. The SMILES string of the molecule is CCSc1ccc(C(=O)NC[C@@H]2Cc3cc(C)ccc3CN2C)cc1. The fourth-order valence-corrected chi connectivity index (χ4v) is 3.98. The molecule has 1 aliphatic rings. The minimum Gasteiger partial charge on any atom is -0.350 e. The highest BCUT2D eigenvalue weighted by Gasteiger charge is 2.23. The zero-order valence-corrected chi connectivity index (χ0v) is 16.0. The van der Waals surface area contributed by atoms with Crippen LogP contribution in [0.25, 0.3) is 0 Å². The third kappa shape index (κ3) is 4.44. The molecule has 2 aromatic rings. The summed E-state index contributed by atoms with van der Waals surface area (Å²) in [6.07, 6.45) is 0.986. The molecular weight excluding hydrogens is 328 g/mol. The van der Waals surface area contributed by atoms with E-state index in [0.717, 1.165) is 24.3 Å². The van der Waals surface area contributed by atoms with Crippen molar-refractivity contribution in [3.05, 3.63) is 64.7 Å². The van der Waals surface area contributed by atoms with Gasteiger partial charge in [0.25, 0.3) is 5.91 Å². The van der Waals surface area contributed by atoms with Crippen LogP contribution in [0.3, 0.4) is 0 Å². The number of benzene rings is 2. The van der Waals surface area contributed by atoms with Crippen LogP contribution >= 0.6 is 11.8 Å². The van der Waals surface area contributed by atoms with Crippen LogP contribution in [0.5, 0.6) is 0 Å². The third-order valence-electron chi connectivity index (χ3n) is 4.79. The monoisotopic (exact) mass is 354 g/mol. The van der Waals surface area contributed by atoms with Gasteiger partial charge in [0.1, 0.15) is 0 Å². The zero-order chi connectivity index (χ0) is 17.8. The van der Waals surface area contributed by atoms with E-state index < -0.39 is 0 Å². The Morgan fingerprint density at radius 2 is 1.96 bits per heavy atom. The number of hydrogen-bond donors (Lipinski definition) is 1. The average Bonchev–Trinajstić information content (AvgIpc) is 2.61. The Morgan fingerprint density at radius 3 is 2.68 bits per heavy atom. The molecule has 0 saturated heterocycles. The van der Waals surface area contributed by atoms with E-state index in [1.807, 2.05) is 24.3 Å². The molecule has 0 radical (unpaired) electrons. The van der Waals surface area contributed by atoms with Crippen LogP contribution < -0.4 is 5.32 Å². The van der Waals surface area contributed by atoms with Crippen LogP contribution in [-0.2, 0) is 13.0 Å². The number of amides is 1. The van der Waals surface area contributed by atoms with Gasteiger partial charge in [0, 0.05) is 29.6 Å². The largest absolute Gasteiger partial charge is 0.350 e. The molecule has 1 N–H and O–H groups in total. The number of hydrogen-bond acceptors (Lipinski definition) is 3. The van der Waals surface area contributed by atoms with E-state index in [2.05, 4.69) is 49.3 Å². The molecule has 0 fully saturated rings. The Hall–Kier alpha value is -1.78. The summed E-state index contributed by atoms with van der Waals surface area (Å²) in [6, 6.07) is 14.9. The van der Waals surface area contributed by atoms with E-state index in [9.17, 15) is 4.79 Å². The van der Waals surface area contributed by atoms with Crippen LogP contribution in [-0.4, -0.2) is 36.2 Å². The Morgan fingerprint density at radius 1 is 1.20 bits per heavy atom. The summed E-state index contributed by atoms with van der Waals surface area (Å²) in [5.41, 5.74) is 4.85. The average molecular weight is 355 g/mol. The van der Waals surface area contributed by atoms with Gasteiger partial charge in [-0.2, -0.15) is 0 Å². The van der Waals surface area contributed by atoms with Crippen LogP contribution in [0.1, 0.15) is 34.0 Å². The first-order valence-corrected chi connectivity index (χ1v) is 9.85. The molecule has 1 atom stereocenters. The lowest BCUT2D eigenvalue weighted by molar-refractivity contribution is 0.0934. The minimum atomic E-state index is 0.0106. The molecule has 0 aliphatic carbocycles. The predicted octanol–water partition coefficient (Wildman–Crippen LogP) is 3.89. The van der Waals surface area contributed by atoms with Crippen molar-refractivity contribution in [2.45, 2.75) is 37.8 Å². The van der Waals surface area contributed by atoms with E-state index in [-0.39, 0.29) is 5.91 Å². The zero-order valence-electron chi connectivity index (χ0n) is 15.2. The third-order valence-corrected chi connectivity index (χ3v) is 5.68. The maximum absolute atomic E-state index is 12.4. The molecule has 0 saturated carbocycles. The summed E-state index contributed by atoms with van der Waals surface area (Å²) in [5, 5.41) is 3.11. The molecule has 4 heteroatoms. The van der Waals surface area contributed by atoms with Crippen molar-refractivity contribution < 1.29 is 4.79 Å². The molecule has 0 aromatic heterocycles. The van der Waals surface area contributed by atoms with Crippen LogP contribution in [0, 0.1) is 6.92 Å². The van der Waals surface area contributed by atoms with Crippen LogP contribution in [0.2, 0.25) is 0 Å². The van der Waals surface area contributed by atoms with Gasteiger partial charge in [-0.3, -0.25) is 9.69 Å². The number of nitrogens with zero attached hydrogens (tertiary/aromatic N) is 1. The lowest BCUT2D eigenvalue weighted by Gasteiger charge is -2.34. The molecule has 3 rings (SSSR count). The summed E-state index contributed by atoms with van der Waals surface area (Å²) >= 11 is 1.79. The maximum atomic E-state index is 12.4. The van der Waals surface area contributed by atoms with Gasteiger partial charge in [-0.05, 0) is 61.5 Å². The van der Waals surface area contributed by atoms with E-state index in [1.54, 1.807) is 11.8 Å². The van der Waals surface area contributed by atoms with E-state index >= 15 is 0 Å². The lowest BCUT2D eigenvalue weighted by Crippen LogP contribution is -2.45. The Labute approximate surface area is 154 Å². The van der Waals surface area contributed by atoms with Gasteiger partial charge in [-0.1, -0.05) is 30.7 Å². The number of likely N-dealkylation sites (N-methyl/N-ethyl adjacent to an activating group) is 1. The molecule has 1 heterocycles. The fourth-order valence-electron chi connectivity index (χ4n) is 3.32. The van der Waals surface area contributed by atoms with Crippen LogP contribution in [0.4, 0.5) is 0 Å². The number of thioether (sulfide) groups is 1. The second-order valence-electron chi connectivity index (χ2n) is 6.71. The smallest absolute Gasteiger partial charge is 0.251 e. The Balaban J connectivity index is 1.60. The highest BCUT2D eigenvalue weighted by atomic mass is 32.2. The summed E-state index contributed by atoms with van der Waals surface area (Å²) in [6.45, 7) is 5.88. The maximum Gasteiger partial charge on any atom is 0.251 e. The summed E-state index contributed by atoms with van der Waals surface area (Å²) in [5.74, 6) is 1.05. The number of nitrogens with one attached hydrogen (secondary N) is 1. The van der Waals surface area contributed by atoms with Gasteiger partial charge < -0.3 is 5.32 Å². The molecule has 2 aromatic carbocycles. The van der Waals surface area contributed by atoms with E-state index in [4.69, 9.17) is 0 Å². The predicted molar refractivity (Wildman–Crippen MR) is 105 cm³/mol. The van der Waals surface area contributed by atoms with Crippen molar-refractivity contribution in [2.75, 3.05) is 19.3 Å². The summed E-state index contributed by atoms with van der Waals surface area (Å²) < 4.78 is 0. The molecule has 0 unspecified atom stereocenters. The minimum absolute atomic E-state index is 0.0106. The van der Waals surface area contributed by atoms with Crippen molar-refractivity contribution in [3.63, 3.8) is 0 Å². The fraction of sp³-hybridized carbons (Fsp3) is 0.381. The first kappa shape index (κ1) is 18.0. The van der Waals surface area contributed by atoms with Crippen molar-refractivity contribution >= 4 is 17.7 Å². The number of carbonyl (C=O) groups is 1. The van der Waals surface area contributed by atoms with Crippen molar-refractivity contribution in [3.8, 4) is 0 Å². The Bertz CT molecular complexity index is 742. The molecular formula is C21H26N2OS. The quantitative estimate of drug-likeness (QED) is 0.827. The molecule has 25 heavy (non-hydrogen) atoms. The van der Waals surface area contributed by atoms with Crippen molar-refractivity contribution in [2.24, 2.45) is 0 Å². The number of rotatable bonds is 5. The standard InChI is InChI=1S/C21H26N2OS/c1-4-25-20-9-7-16(8-10-20)21(24)22-13-19-12-18-11-15(2)5-6-17(18)14-23(19)3/h5-11,19H,4,12-14H2,1-3H3,(H,22,24)/t19-/m0/s1. The van der Waals surface area contributed by atoms with Gasteiger partial charge in [0.15, 0.2) is 0 Å². The molecule has 1 aliphatic heterocycles. The molecule has 1 amide bonds. The van der Waals surface area contributed by atoms with Gasteiger partial charge in [0.05, 0.1) is 0 Å². The van der Waals surface area contributed by atoms with Gasteiger partial charge in [-0.15, -0.1) is 11.8 Å². The van der Waals surface area contributed by atoms with Crippen LogP contribution in [0.15, 0.2) is 47.4 Å². The summed E-state index contributed by atoms with van der Waals surface area (Å²) in [4.78, 5) is 16.0. The number of carbonyl (C=O) groups excluding carboxylic acids is 1. The van der Waals surface area contributed by atoms with Crippen molar-refractivity contribution in [1.29, 1.82) is 0 Å². The topological polar surface area (TPSA) is 32.3 Å². The van der Waals surface area contributed by atoms with Crippen molar-refractivity contribution in [1.82, 2.24) is 10.2 Å². The lowest BCUT2D eigenvalue weighted by atomic mass is 9.93. The second-order valence-corrected chi connectivity index (χ2v) is 8.05. The number of aryl methyl sites for hydroxylation is 1. The number of fused-ring (bicyclic) bond motifs is 1. The normalized spacial score (nSPS) is 17.2. The van der Waals surface area contributed by atoms with Gasteiger partial charge in [-0.25, -0.2) is 0 Å². The summed E-state index contributed by atoms with van der Waals surface area (Å²) in [7, 11) is 2.14. The van der Waals surface area contributed by atoms with Gasteiger partial charge >= 0.3 is 0 Å². The van der Waals surface area contributed by atoms with E-state index in [1.165, 1.54) is 21.6 Å². The highest BCUT2D eigenvalue weighted by molar-refractivity contribution is 7.99. The van der Waals surface area contributed by atoms with E-state index in [0.29, 0.717) is 12.6 Å². The molecule has 132 valence electrons. The molecule has 3 nitrogen and oxygen atoms in total. The molecule has 0 bridgehead atoms. The second kappa shape index (κ2) is 8.07.